The normalized spacial score (nSPS) is 9.86. The summed E-state index contributed by atoms with van der Waals surface area (Å²) in [7, 11) is 4.48. The number of rotatable bonds is 5. The van der Waals surface area contributed by atoms with Gasteiger partial charge in [-0.05, 0) is 24.3 Å². The molecule has 0 aliphatic rings. The Morgan fingerprint density at radius 1 is 1.10 bits per heavy atom. The zero-order valence-electron chi connectivity index (χ0n) is 11.9. The second kappa shape index (κ2) is 6.56. The fraction of sp³-hybridized carbons (Fsp3) is 0.214. The van der Waals surface area contributed by atoms with E-state index in [-0.39, 0.29) is 5.91 Å². The Hall–Kier alpha value is -2.83. The van der Waals surface area contributed by atoms with Crippen LogP contribution in [0.1, 0.15) is 10.4 Å². The van der Waals surface area contributed by atoms with Gasteiger partial charge < -0.3 is 19.5 Å². The molecule has 110 valence electrons. The van der Waals surface area contributed by atoms with Crippen molar-refractivity contribution in [3.05, 3.63) is 36.0 Å². The fourth-order valence-electron chi connectivity index (χ4n) is 1.77. The molecule has 1 heterocycles. The lowest BCUT2D eigenvalue weighted by molar-refractivity contribution is 0.102. The molecule has 0 atom stereocenters. The molecule has 7 heteroatoms. The van der Waals surface area contributed by atoms with Gasteiger partial charge in [0.05, 0.1) is 21.3 Å². The van der Waals surface area contributed by atoms with E-state index in [1.165, 1.54) is 27.5 Å². The van der Waals surface area contributed by atoms with Crippen LogP contribution in [0.25, 0.3) is 0 Å². The summed E-state index contributed by atoms with van der Waals surface area (Å²) in [4.78, 5) is 12.2. The second-order valence-electron chi connectivity index (χ2n) is 3.98. The number of methoxy groups -OCH3 is 3. The number of anilines is 1. The van der Waals surface area contributed by atoms with E-state index in [1.54, 1.807) is 24.3 Å². The van der Waals surface area contributed by atoms with Crippen molar-refractivity contribution in [1.82, 2.24) is 10.2 Å². The number of benzene rings is 1. The molecule has 0 saturated heterocycles. The quantitative estimate of drug-likeness (QED) is 0.903. The van der Waals surface area contributed by atoms with E-state index in [4.69, 9.17) is 14.2 Å². The van der Waals surface area contributed by atoms with Crippen molar-refractivity contribution in [3.63, 3.8) is 0 Å². The average molecular weight is 289 g/mol. The Kier molecular flexibility index (Phi) is 4.55. The minimum atomic E-state index is -0.352. The number of nitrogens with one attached hydrogen (secondary N) is 1. The van der Waals surface area contributed by atoms with Gasteiger partial charge in [0.1, 0.15) is 0 Å². The Balaban J connectivity index is 2.33. The first-order valence-electron chi connectivity index (χ1n) is 6.08. The first-order valence-corrected chi connectivity index (χ1v) is 6.08. The van der Waals surface area contributed by atoms with Crippen molar-refractivity contribution in [1.29, 1.82) is 0 Å². The van der Waals surface area contributed by atoms with Gasteiger partial charge in [0.25, 0.3) is 5.91 Å². The van der Waals surface area contributed by atoms with Crippen molar-refractivity contribution < 1.29 is 19.0 Å². The molecule has 0 saturated carbocycles. The van der Waals surface area contributed by atoms with Gasteiger partial charge in [-0.3, -0.25) is 4.79 Å². The molecule has 0 fully saturated rings. The van der Waals surface area contributed by atoms with Crippen LogP contribution in [0.3, 0.4) is 0 Å². The van der Waals surface area contributed by atoms with Crippen LogP contribution in [-0.4, -0.2) is 37.4 Å². The van der Waals surface area contributed by atoms with Crippen LogP contribution in [0.2, 0.25) is 0 Å². The van der Waals surface area contributed by atoms with Gasteiger partial charge >= 0.3 is 0 Å². The summed E-state index contributed by atoms with van der Waals surface area (Å²) in [6.45, 7) is 0. The van der Waals surface area contributed by atoms with Crippen LogP contribution < -0.4 is 19.5 Å². The van der Waals surface area contributed by atoms with E-state index < -0.39 is 0 Å². The highest BCUT2D eigenvalue weighted by atomic mass is 16.5. The summed E-state index contributed by atoms with van der Waals surface area (Å²) >= 11 is 0. The number of nitrogens with zero attached hydrogens (tertiary/aromatic N) is 2. The number of ether oxygens (including phenoxy) is 3. The maximum Gasteiger partial charge on any atom is 0.257 e. The molecule has 2 rings (SSSR count). The summed E-state index contributed by atoms with van der Waals surface area (Å²) in [5, 5.41) is 10.1. The van der Waals surface area contributed by atoms with Gasteiger partial charge in [-0.15, -0.1) is 5.10 Å². The van der Waals surface area contributed by atoms with Crippen molar-refractivity contribution in [2.24, 2.45) is 0 Å². The van der Waals surface area contributed by atoms with E-state index >= 15 is 0 Å². The van der Waals surface area contributed by atoms with Gasteiger partial charge in [0, 0.05) is 11.8 Å². The molecule has 21 heavy (non-hydrogen) atoms. The van der Waals surface area contributed by atoms with Crippen LogP contribution in [0, 0.1) is 0 Å². The summed E-state index contributed by atoms with van der Waals surface area (Å²) in [5.41, 5.74) is 0.357. The SMILES string of the molecule is COc1cc(C(=O)Nc2cccnn2)cc(OC)c1OC. The standard InChI is InChI=1S/C14H15N3O4/c1-19-10-7-9(8-11(20-2)13(10)21-3)14(18)16-12-5-4-6-15-17-12/h4-8H,1-3H3,(H,16,17,18). The third-order valence-corrected chi connectivity index (χ3v) is 2.74. The van der Waals surface area contributed by atoms with Crippen LogP contribution >= 0.6 is 0 Å². The van der Waals surface area contributed by atoms with Gasteiger partial charge in [-0.2, -0.15) is 5.10 Å². The summed E-state index contributed by atoms with van der Waals surface area (Å²) in [6, 6.07) is 6.45. The summed E-state index contributed by atoms with van der Waals surface area (Å²) < 4.78 is 15.6. The van der Waals surface area contributed by atoms with Gasteiger partial charge in [-0.1, -0.05) is 0 Å². The number of hydrogen-bond donors (Lipinski definition) is 1. The highest BCUT2D eigenvalue weighted by Crippen LogP contribution is 2.38. The van der Waals surface area contributed by atoms with Crippen LogP contribution in [0.4, 0.5) is 5.82 Å². The van der Waals surface area contributed by atoms with Gasteiger partial charge in [-0.25, -0.2) is 0 Å². The van der Waals surface area contributed by atoms with E-state index in [1.807, 2.05) is 0 Å². The van der Waals surface area contributed by atoms with Crippen molar-refractivity contribution >= 4 is 11.7 Å². The molecule has 1 aromatic carbocycles. The molecule has 0 spiro atoms. The minimum absolute atomic E-state index is 0.352. The van der Waals surface area contributed by atoms with Crippen molar-refractivity contribution in [3.8, 4) is 17.2 Å². The fourth-order valence-corrected chi connectivity index (χ4v) is 1.77. The maximum atomic E-state index is 12.2. The number of hydrogen-bond acceptors (Lipinski definition) is 6. The van der Waals surface area contributed by atoms with E-state index in [0.29, 0.717) is 28.6 Å². The van der Waals surface area contributed by atoms with Crippen molar-refractivity contribution in [2.45, 2.75) is 0 Å². The lowest BCUT2D eigenvalue weighted by atomic mass is 10.1. The second-order valence-corrected chi connectivity index (χ2v) is 3.98. The van der Waals surface area contributed by atoms with Crippen LogP contribution in [0.15, 0.2) is 30.5 Å². The minimum Gasteiger partial charge on any atom is -0.493 e. The highest BCUT2D eigenvalue weighted by molar-refractivity contribution is 6.04. The van der Waals surface area contributed by atoms with E-state index in [0.717, 1.165) is 0 Å². The molecule has 1 amide bonds. The zero-order chi connectivity index (χ0) is 15.2. The summed E-state index contributed by atoms with van der Waals surface area (Å²) in [6.07, 6.45) is 1.52. The molecule has 0 radical (unpaired) electrons. The monoisotopic (exact) mass is 289 g/mol. The predicted octanol–water partition coefficient (Wildman–Crippen LogP) is 1.75. The third kappa shape index (κ3) is 3.19. The van der Waals surface area contributed by atoms with Crippen LogP contribution in [0.5, 0.6) is 17.2 Å². The first-order chi connectivity index (χ1) is 10.2. The number of aromatic nitrogens is 2. The predicted molar refractivity (Wildman–Crippen MR) is 76.1 cm³/mol. The molecule has 1 aromatic heterocycles. The molecule has 7 nitrogen and oxygen atoms in total. The largest absolute Gasteiger partial charge is 0.493 e. The Bertz CT molecular complexity index is 606. The maximum absolute atomic E-state index is 12.2. The topological polar surface area (TPSA) is 82.6 Å². The molecule has 0 bridgehead atoms. The summed E-state index contributed by atoms with van der Waals surface area (Å²) in [5.74, 6) is 1.24. The molecular formula is C14H15N3O4. The zero-order valence-corrected chi connectivity index (χ0v) is 11.9. The number of carbonyl (C=O) groups is 1. The Morgan fingerprint density at radius 2 is 1.76 bits per heavy atom. The molecule has 1 N–H and O–H groups in total. The smallest absolute Gasteiger partial charge is 0.257 e. The first kappa shape index (κ1) is 14.6. The average Bonchev–Trinajstić information content (AvgIpc) is 2.54. The Morgan fingerprint density at radius 3 is 2.24 bits per heavy atom. The number of carbonyl (C=O) groups excluding carboxylic acids is 1. The lowest BCUT2D eigenvalue weighted by Gasteiger charge is -2.13. The molecule has 0 unspecified atom stereocenters. The molecular weight excluding hydrogens is 274 g/mol. The van der Waals surface area contributed by atoms with Crippen LogP contribution in [-0.2, 0) is 0 Å². The Labute approximate surface area is 121 Å². The van der Waals surface area contributed by atoms with E-state index in [9.17, 15) is 4.79 Å². The van der Waals surface area contributed by atoms with Gasteiger partial charge in [0.2, 0.25) is 5.75 Å². The number of amides is 1. The lowest BCUT2D eigenvalue weighted by Crippen LogP contribution is -2.13. The molecule has 0 aliphatic heterocycles. The molecule has 0 aliphatic carbocycles. The molecule has 2 aromatic rings. The third-order valence-electron chi connectivity index (χ3n) is 2.74. The van der Waals surface area contributed by atoms with Crippen molar-refractivity contribution in [2.75, 3.05) is 26.6 Å². The van der Waals surface area contributed by atoms with E-state index in [2.05, 4.69) is 15.5 Å². The van der Waals surface area contributed by atoms with Gasteiger partial charge in [0.15, 0.2) is 17.3 Å². The highest BCUT2D eigenvalue weighted by Gasteiger charge is 2.17.